The van der Waals surface area contributed by atoms with Gasteiger partial charge in [-0.05, 0) is 55.2 Å². The molecule has 0 aliphatic carbocycles. The van der Waals surface area contributed by atoms with E-state index >= 15 is 0 Å². The minimum absolute atomic E-state index is 0.145. The average molecular weight is 472 g/mol. The van der Waals surface area contributed by atoms with Crippen LogP contribution in [0, 0.1) is 0 Å². The second-order valence-electron chi connectivity index (χ2n) is 6.43. The van der Waals surface area contributed by atoms with Gasteiger partial charge in [0.05, 0.1) is 15.6 Å². The molecule has 0 aromatic heterocycles. The van der Waals surface area contributed by atoms with Crippen LogP contribution < -0.4 is 5.32 Å². The van der Waals surface area contributed by atoms with E-state index in [1.54, 1.807) is 42.5 Å². The van der Waals surface area contributed by atoms with Crippen LogP contribution in [0.15, 0.2) is 51.8 Å². The minimum atomic E-state index is -3.40. The highest BCUT2D eigenvalue weighted by molar-refractivity contribution is 9.10. The summed E-state index contributed by atoms with van der Waals surface area (Å²) < 4.78 is 27.4. The van der Waals surface area contributed by atoms with Crippen molar-refractivity contribution in [2.45, 2.75) is 30.6 Å². The lowest BCUT2D eigenvalue weighted by molar-refractivity contribution is -0.116. The number of nitrogens with one attached hydrogen (secondary N) is 1. The number of halogens is 2. The highest BCUT2D eigenvalue weighted by Crippen LogP contribution is 2.26. The molecule has 27 heavy (non-hydrogen) atoms. The molecular weight excluding hydrogens is 452 g/mol. The molecule has 0 unspecified atom stereocenters. The van der Waals surface area contributed by atoms with E-state index in [1.807, 2.05) is 0 Å². The molecule has 0 spiro atoms. The van der Waals surface area contributed by atoms with E-state index in [9.17, 15) is 13.2 Å². The van der Waals surface area contributed by atoms with Crippen LogP contribution in [0.3, 0.4) is 0 Å². The molecule has 0 bridgehead atoms. The van der Waals surface area contributed by atoms with Crippen LogP contribution in [0.4, 0.5) is 5.69 Å². The standard InChI is InChI=1S/C19H20BrClN2O3S/c20-15-6-9-18(17(21)13-15)22-19(24)10-5-14-3-7-16(8-4-14)27(25,26)23-11-1-2-12-23/h3-4,6-9,13H,1-2,5,10-12H2,(H,22,24). The summed E-state index contributed by atoms with van der Waals surface area (Å²) in [5, 5.41) is 3.25. The maximum absolute atomic E-state index is 12.5. The SMILES string of the molecule is O=C(CCc1ccc(S(=O)(=O)N2CCCC2)cc1)Nc1ccc(Br)cc1Cl. The fourth-order valence-corrected chi connectivity index (χ4v) is 5.20. The zero-order chi connectivity index (χ0) is 19.4. The summed E-state index contributed by atoms with van der Waals surface area (Å²) in [5.74, 6) is -0.145. The number of carbonyl (C=O) groups excluding carboxylic acids is 1. The van der Waals surface area contributed by atoms with E-state index in [0.717, 1.165) is 22.9 Å². The van der Waals surface area contributed by atoms with Crippen LogP contribution in [0.5, 0.6) is 0 Å². The summed E-state index contributed by atoms with van der Waals surface area (Å²) >= 11 is 9.42. The number of carbonyl (C=O) groups is 1. The van der Waals surface area contributed by atoms with Crippen molar-refractivity contribution in [1.82, 2.24) is 4.31 Å². The van der Waals surface area contributed by atoms with Crippen molar-refractivity contribution in [1.29, 1.82) is 0 Å². The van der Waals surface area contributed by atoms with Crippen molar-refractivity contribution in [2.24, 2.45) is 0 Å². The van der Waals surface area contributed by atoms with E-state index in [2.05, 4.69) is 21.2 Å². The number of benzene rings is 2. The molecule has 1 amide bonds. The van der Waals surface area contributed by atoms with Gasteiger partial charge in [0.2, 0.25) is 15.9 Å². The van der Waals surface area contributed by atoms with Gasteiger partial charge in [0.15, 0.2) is 0 Å². The molecule has 1 aliphatic rings. The Hall–Kier alpha value is -1.41. The molecule has 1 fully saturated rings. The number of hydrogen-bond donors (Lipinski definition) is 1. The average Bonchev–Trinajstić information content (AvgIpc) is 3.18. The van der Waals surface area contributed by atoms with Crippen molar-refractivity contribution < 1.29 is 13.2 Å². The van der Waals surface area contributed by atoms with Gasteiger partial charge < -0.3 is 5.32 Å². The van der Waals surface area contributed by atoms with Gasteiger partial charge in [-0.1, -0.05) is 39.7 Å². The van der Waals surface area contributed by atoms with Crippen LogP contribution in [0.25, 0.3) is 0 Å². The Morgan fingerprint density at radius 1 is 1.11 bits per heavy atom. The third-order valence-corrected chi connectivity index (χ3v) is 7.19. The van der Waals surface area contributed by atoms with Gasteiger partial charge in [0, 0.05) is 24.0 Å². The first-order valence-electron chi connectivity index (χ1n) is 8.70. The van der Waals surface area contributed by atoms with Crippen LogP contribution in [-0.2, 0) is 21.2 Å². The van der Waals surface area contributed by atoms with Crippen molar-refractivity contribution in [3.63, 3.8) is 0 Å². The van der Waals surface area contributed by atoms with Gasteiger partial charge in [-0.15, -0.1) is 0 Å². The third-order valence-electron chi connectivity index (χ3n) is 4.47. The quantitative estimate of drug-likeness (QED) is 0.676. The number of aryl methyl sites for hydroxylation is 1. The van der Waals surface area contributed by atoms with Crippen LogP contribution in [0.1, 0.15) is 24.8 Å². The maximum atomic E-state index is 12.5. The molecule has 8 heteroatoms. The number of nitrogens with zero attached hydrogens (tertiary/aromatic N) is 1. The van der Waals surface area contributed by atoms with Gasteiger partial charge in [-0.3, -0.25) is 4.79 Å². The minimum Gasteiger partial charge on any atom is -0.325 e. The van der Waals surface area contributed by atoms with E-state index in [4.69, 9.17) is 11.6 Å². The molecule has 0 radical (unpaired) electrons. The Bertz CT molecular complexity index is 926. The molecule has 2 aromatic carbocycles. The molecule has 1 heterocycles. The van der Waals surface area contributed by atoms with Gasteiger partial charge in [0.1, 0.15) is 0 Å². The lowest BCUT2D eigenvalue weighted by atomic mass is 10.1. The second-order valence-corrected chi connectivity index (χ2v) is 9.69. The zero-order valence-corrected chi connectivity index (χ0v) is 17.8. The summed E-state index contributed by atoms with van der Waals surface area (Å²) in [6.45, 7) is 1.17. The summed E-state index contributed by atoms with van der Waals surface area (Å²) in [7, 11) is -3.40. The lowest BCUT2D eigenvalue weighted by Gasteiger charge is -2.15. The smallest absolute Gasteiger partial charge is 0.243 e. The van der Waals surface area contributed by atoms with E-state index < -0.39 is 10.0 Å². The van der Waals surface area contributed by atoms with Crippen molar-refractivity contribution in [3.8, 4) is 0 Å². The predicted molar refractivity (Wildman–Crippen MR) is 111 cm³/mol. The maximum Gasteiger partial charge on any atom is 0.243 e. The Morgan fingerprint density at radius 3 is 2.41 bits per heavy atom. The second kappa shape index (κ2) is 8.73. The van der Waals surface area contributed by atoms with Crippen molar-refractivity contribution in [2.75, 3.05) is 18.4 Å². The molecular formula is C19H20BrClN2O3S. The van der Waals surface area contributed by atoms with E-state index in [0.29, 0.717) is 35.1 Å². The van der Waals surface area contributed by atoms with Gasteiger partial charge >= 0.3 is 0 Å². The number of anilines is 1. The zero-order valence-electron chi connectivity index (χ0n) is 14.6. The highest BCUT2D eigenvalue weighted by Gasteiger charge is 2.26. The molecule has 0 atom stereocenters. The molecule has 1 N–H and O–H groups in total. The number of sulfonamides is 1. The summed E-state index contributed by atoms with van der Waals surface area (Å²) in [6, 6.07) is 12.0. The number of rotatable bonds is 6. The van der Waals surface area contributed by atoms with E-state index in [1.165, 1.54) is 4.31 Å². The fourth-order valence-electron chi connectivity index (χ4n) is 2.97. The monoisotopic (exact) mass is 470 g/mol. The van der Waals surface area contributed by atoms with Crippen molar-refractivity contribution in [3.05, 3.63) is 57.5 Å². The van der Waals surface area contributed by atoms with Gasteiger partial charge in [-0.2, -0.15) is 4.31 Å². The largest absolute Gasteiger partial charge is 0.325 e. The van der Waals surface area contributed by atoms with Crippen LogP contribution in [0.2, 0.25) is 5.02 Å². The number of amides is 1. The molecule has 2 aromatic rings. The molecule has 1 saturated heterocycles. The first kappa shape index (κ1) is 20.3. The van der Waals surface area contributed by atoms with Gasteiger partial charge in [-0.25, -0.2) is 8.42 Å². The number of hydrogen-bond acceptors (Lipinski definition) is 3. The van der Waals surface area contributed by atoms with Crippen LogP contribution >= 0.6 is 27.5 Å². The summed E-state index contributed by atoms with van der Waals surface area (Å²) in [6.07, 6.45) is 2.62. The highest BCUT2D eigenvalue weighted by atomic mass is 79.9. The topological polar surface area (TPSA) is 66.5 Å². The normalized spacial score (nSPS) is 15.0. The Kier molecular flexibility index (Phi) is 6.57. The summed E-state index contributed by atoms with van der Waals surface area (Å²) in [5.41, 5.74) is 1.48. The van der Waals surface area contributed by atoms with Gasteiger partial charge in [0.25, 0.3) is 0 Å². The Morgan fingerprint density at radius 2 is 1.78 bits per heavy atom. The van der Waals surface area contributed by atoms with E-state index in [-0.39, 0.29) is 12.3 Å². The fraction of sp³-hybridized carbons (Fsp3) is 0.316. The van der Waals surface area contributed by atoms with Crippen LogP contribution in [-0.4, -0.2) is 31.7 Å². The van der Waals surface area contributed by atoms with Crippen molar-refractivity contribution >= 4 is 49.1 Å². The first-order chi connectivity index (χ1) is 12.9. The molecule has 1 aliphatic heterocycles. The molecule has 144 valence electrons. The lowest BCUT2D eigenvalue weighted by Crippen LogP contribution is -2.27. The third kappa shape index (κ3) is 5.10. The Labute approximate surface area is 172 Å². The molecule has 3 rings (SSSR count). The summed E-state index contributed by atoms with van der Waals surface area (Å²) in [4.78, 5) is 12.4. The first-order valence-corrected chi connectivity index (χ1v) is 11.3. The predicted octanol–water partition coefficient (Wildman–Crippen LogP) is 4.46. The molecule has 5 nitrogen and oxygen atoms in total. The molecule has 0 saturated carbocycles. The Balaban J connectivity index is 1.57.